The summed E-state index contributed by atoms with van der Waals surface area (Å²) in [7, 11) is -2.44. The van der Waals surface area contributed by atoms with Gasteiger partial charge in [-0.2, -0.15) is 4.31 Å². The zero-order chi connectivity index (χ0) is 29.1. The molecule has 1 heterocycles. The first kappa shape index (κ1) is 29.8. The van der Waals surface area contributed by atoms with Gasteiger partial charge in [-0.1, -0.05) is 18.8 Å². The van der Waals surface area contributed by atoms with E-state index in [4.69, 9.17) is 4.74 Å². The molecule has 0 unspecified atom stereocenters. The fourth-order valence-electron chi connectivity index (χ4n) is 4.90. The zero-order valence-electron chi connectivity index (χ0n) is 22.9. The zero-order valence-corrected chi connectivity index (χ0v) is 23.7. The van der Waals surface area contributed by atoms with Crippen LogP contribution in [-0.4, -0.2) is 78.4 Å². The second-order valence-electron chi connectivity index (χ2n) is 10.7. The maximum atomic E-state index is 13.7. The third kappa shape index (κ3) is 6.75. The fourth-order valence-corrected chi connectivity index (χ4v) is 6.73. The van der Waals surface area contributed by atoms with Crippen LogP contribution in [0, 0.1) is 23.6 Å². The normalized spacial score (nSPS) is 22.4. The molecule has 216 valence electrons. The number of sulfonamides is 1. The summed E-state index contributed by atoms with van der Waals surface area (Å²) in [5.41, 5.74) is -0.135. The van der Waals surface area contributed by atoms with Gasteiger partial charge in [0.25, 0.3) is 0 Å². The van der Waals surface area contributed by atoms with Crippen LogP contribution in [0.25, 0.3) is 0 Å². The minimum atomic E-state index is -4.03. The van der Waals surface area contributed by atoms with E-state index >= 15 is 0 Å². The van der Waals surface area contributed by atoms with Gasteiger partial charge >= 0.3 is 6.03 Å². The van der Waals surface area contributed by atoms with Crippen molar-refractivity contribution in [1.29, 1.82) is 0 Å². The SMILES string of the molecule is C[C@@H]1CN([C@@H](C)CO)S(=O)(=O)c2ccc(C#CC3(O)CCCC3)cc2O[C@@H]1CN(C)C(=O)Nc1ccc(F)cc1. The van der Waals surface area contributed by atoms with Crippen molar-refractivity contribution in [2.45, 2.75) is 62.2 Å². The minimum Gasteiger partial charge on any atom is -0.487 e. The molecule has 3 atom stereocenters. The maximum absolute atomic E-state index is 13.7. The molecular formula is C29H36FN3O6S. The Morgan fingerprint density at radius 2 is 1.93 bits per heavy atom. The van der Waals surface area contributed by atoms with Crippen LogP contribution in [-0.2, 0) is 10.0 Å². The first-order valence-electron chi connectivity index (χ1n) is 13.4. The molecule has 2 aromatic carbocycles. The van der Waals surface area contributed by atoms with Gasteiger partial charge in [0.2, 0.25) is 10.0 Å². The molecule has 2 aromatic rings. The fraction of sp³-hybridized carbons (Fsp3) is 0.483. The van der Waals surface area contributed by atoms with E-state index in [0.29, 0.717) is 24.1 Å². The van der Waals surface area contributed by atoms with E-state index in [1.165, 1.54) is 39.5 Å². The number of anilines is 1. The largest absolute Gasteiger partial charge is 0.487 e. The average molecular weight is 574 g/mol. The predicted molar refractivity (Wildman–Crippen MR) is 149 cm³/mol. The first-order valence-corrected chi connectivity index (χ1v) is 14.8. The standard InChI is InChI=1S/C29H36FN3O6S/c1-20-17-33(21(2)19-34)40(37,38)27-11-6-22(12-15-29(36)13-4-5-14-29)16-25(27)39-26(20)18-32(3)28(35)31-24-9-7-23(30)8-10-24/h6-11,16,20-21,26,34,36H,4-5,13-14,17-19H2,1-3H3,(H,31,35)/t20-,21+,26-/m1/s1. The number of likely N-dealkylation sites (N-methyl/N-ethyl adjacent to an activating group) is 1. The number of fused-ring (bicyclic) bond motifs is 1. The van der Waals surface area contributed by atoms with E-state index in [-0.39, 0.29) is 36.3 Å². The van der Waals surface area contributed by atoms with Crippen LogP contribution in [0.15, 0.2) is 47.4 Å². The number of amides is 2. The summed E-state index contributed by atoms with van der Waals surface area (Å²) in [6.07, 6.45) is 2.37. The number of ether oxygens (including phenoxy) is 1. The highest BCUT2D eigenvalue weighted by molar-refractivity contribution is 7.89. The highest BCUT2D eigenvalue weighted by atomic mass is 32.2. The van der Waals surface area contributed by atoms with E-state index in [2.05, 4.69) is 17.2 Å². The monoisotopic (exact) mass is 573 g/mol. The van der Waals surface area contributed by atoms with E-state index < -0.39 is 39.6 Å². The van der Waals surface area contributed by atoms with Gasteiger partial charge in [-0.25, -0.2) is 17.6 Å². The number of aliphatic hydroxyl groups excluding tert-OH is 1. The second-order valence-corrected chi connectivity index (χ2v) is 12.6. The summed E-state index contributed by atoms with van der Waals surface area (Å²) >= 11 is 0. The molecular weight excluding hydrogens is 537 g/mol. The molecule has 0 radical (unpaired) electrons. The minimum absolute atomic E-state index is 0.0618. The third-order valence-electron chi connectivity index (χ3n) is 7.43. The van der Waals surface area contributed by atoms with Crippen molar-refractivity contribution in [3.05, 3.63) is 53.8 Å². The summed E-state index contributed by atoms with van der Waals surface area (Å²) in [5.74, 6) is 5.21. The van der Waals surface area contributed by atoms with Crippen LogP contribution < -0.4 is 10.1 Å². The van der Waals surface area contributed by atoms with Gasteiger partial charge in [-0.15, -0.1) is 0 Å². The Bertz CT molecular complexity index is 1380. The van der Waals surface area contributed by atoms with Gasteiger partial charge in [-0.3, -0.25) is 0 Å². The topological polar surface area (TPSA) is 119 Å². The molecule has 1 fully saturated rings. The smallest absolute Gasteiger partial charge is 0.321 e. The van der Waals surface area contributed by atoms with E-state index in [9.17, 15) is 27.8 Å². The van der Waals surface area contributed by atoms with Gasteiger partial charge in [-0.05, 0) is 75.1 Å². The quantitative estimate of drug-likeness (QED) is 0.472. The molecule has 3 N–H and O–H groups in total. The van der Waals surface area contributed by atoms with Gasteiger partial charge in [0.05, 0.1) is 13.2 Å². The lowest BCUT2D eigenvalue weighted by Crippen LogP contribution is -2.50. The summed E-state index contributed by atoms with van der Waals surface area (Å²) in [6.45, 7) is 3.27. The third-order valence-corrected chi connectivity index (χ3v) is 9.45. The van der Waals surface area contributed by atoms with Crippen molar-refractivity contribution < 1.29 is 32.6 Å². The van der Waals surface area contributed by atoms with Crippen LogP contribution in [0.2, 0.25) is 0 Å². The van der Waals surface area contributed by atoms with Crippen molar-refractivity contribution in [2.75, 3.05) is 32.1 Å². The summed E-state index contributed by atoms with van der Waals surface area (Å²) in [5, 5.41) is 23.2. The molecule has 2 amide bonds. The molecule has 11 heteroatoms. The highest BCUT2D eigenvalue weighted by Gasteiger charge is 2.38. The Morgan fingerprint density at radius 1 is 1.25 bits per heavy atom. The lowest BCUT2D eigenvalue weighted by molar-refractivity contribution is 0.0830. The number of carbonyl (C=O) groups excluding carboxylic acids is 1. The van der Waals surface area contributed by atoms with Gasteiger partial charge in [0.15, 0.2) is 0 Å². The summed E-state index contributed by atoms with van der Waals surface area (Å²) in [4.78, 5) is 14.2. The van der Waals surface area contributed by atoms with Gasteiger partial charge < -0.3 is 25.2 Å². The molecule has 0 bridgehead atoms. The van der Waals surface area contributed by atoms with E-state index in [1.807, 2.05) is 6.92 Å². The number of benzene rings is 2. The summed E-state index contributed by atoms with van der Waals surface area (Å²) < 4.78 is 48.2. The Labute approximate surface area is 235 Å². The number of carbonyl (C=O) groups is 1. The number of aliphatic hydroxyl groups is 2. The molecule has 1 saturated carbocycles. The van der Waals surface area contributed by atoms with Crippen molar-refractivity contribution in [3.63, 3.8) is 0 Å². The van der Waals surface area contributed by atoms with Crippen LogP contribution >= 0.6 is 0 Å². The Morgan fingerprint density at radius 3 is 2.58 bits per heavy atom. The van der Waals surface area contributed by atoms with Crippen LogP contribution in [0.5, 0.6) is 5.75 Å². The Hall–Kier alpha value is -3.17. The molecule has 4 rings (SSSR count). The Kier molecular flexibility index (Phi) is 9.05. The molecule has 0 aromatic heterocycles. The van der Waals surface area contributed by atoms with Crippen molar-refractivity contribution in [2.24, 2.45) is 5.92 Å². The molecule has 9 nitrogen and oxygen atoms in total. The predicted octanol–water partition coefficient (Wildman–Crippen LogP) is 3.41. The molecule has 0 saturated heterocycles. The number of halogens is 1. The lowest BCUT2D eigenvalue weighted by atomic mass is 10.0. The number of nitrogens with zero attached hydrogens (tertiary/aromatic N) is 2. The Balaban J connectivity index is 1.65. The van der Waals surface area contributed by atoms with Crippen LogP contribution in [0.1, 0.15) is 45.1 Å². The highest BCUT2D eigenvalue weighted by Crippen LogP contribution is 2.34. The molecule has 1 aliphatic heterocycles. The molecule has 0 spiro atoms. The van der Waals surface area contributed by atoms with Crippen molar-refractivity contribution in [1.82, 2.24) is 9.21 Å². The van der Waals surface area contributed by atoms with Gasteiger partial charge in [0.1, 0.15) is 28.2 Å². The maximum Gasteiger partial charge on any atom is 0.321 e. The number of hydrogen-bond donors (Lipinski definition) is 3. The van der Waals surface area contributed by atoms with E-state index in [1.54, 1.807) is 26.1 Å². The second kappa shape index (κ2) is 12.1. The van der Waals surface area contributed by atoms with Crippen LogP contribution in [0.3, 0.4) is 0 Å². The number of hydrogen-bond acceptors (Lipinski definition) is 6. The molecule has 40 heavy (non-hydrogen) atoms. The van der Waals surface area contributed by atoms with Crippen molar-refractivity contribution >= 4 is 21.7 Å². The number of nitrogens with one attached hydrogen (secondary N) is 1. The lowest BCUT2D eigenvalue weighted by Gasteiger charge is -2.37. The summed E-state index contributed by atoms with van der Waals surface area (Å²) in [6, 6.07) is 8.83. The van der Waals surface area contributed by atoms with Crippen molar-refractivity contribution in [3.8, 4) is 17.6 Å². The number of rotatable bonds is 5. The van der Waals surface area contributed by atoms with E-state index in [0.717, 1.165) is 12.8 Å². The average Bonchev–Trinajstić information content (AvgIpc) is 3.36. The number of urea groups is 1. The first-order chi connectivity index (χ1) is 18.9. The van der Waals surface area contributed by atoms with Crippen LogP contribution in [0.4, 0.5) is 14.9 Å². The molecule has 1 aliphatic carbocycles. The molecule has 2 aliphatic rings. The van der Waals surface area contributed by atoms with Gasteiger partial charge in [0, 0.05) is 36.8 Å².